The molecular weight excluding hydrogens is 1080 g/mol. The van der Waals surface area contributed by atoms with Gasteiger partial charge in [0.1, 0.15) is 4.90 Å². The lowest BCUT2D eigenvalue weighted by molar-refractivity contribution is -0.0436. The molecule has 76 heavy (non-hydrogen) atoms. The lowest BCUT2D eigenvalue weighted by Crippen LogP contribution is -2.36. The van der Waals surface area contributed by atoms with Crippen LogP contribution in [-0.2, 0) is 38.0 Å². The molecule has 414 valence electrons. The lowest BCUT2D eigenvalue weighted by Gasteiger charge is -2.36. The number of anilines is 2. The molecule has 14 nitrogen and oxygen atoms in total. The fraction of sp³-hybridized carbons (Fsp3) is 0.426. The first-order valence-corrected chi connectivity index (χ1v) is 30.6. The van der Waals surface area contributed by atoms with Crippen LogP contribution in [0.25, 0.3) is 11.1 Å². The predicted octanol–water partition coefficient (Wildman–Crippen LogP) is 12.4. The average molecular weight is 1150 g/mol. The van der Waals surface area contributed by atoms with Crippen molar-refractivity contribution in [2.75, 3.05) is 55.3 Å². The Morgan fingerprint density at radius 1 is 0.842 bits per heavy atom. The van der Waals surface area contributed by atoms with Crippen LogP contribution in [0.3, 0.4) is 0 Å². The molecule has 1 aliphatic heterocycles. The second-order valence-corrected chi connectivity index (χ2v) is 27.0. The van der Waals surface area contributed by atoms with Gasteiger partial charge in [0.05, 0.1) is 34.5 Å². The Morgan fingerprint density at radius 3 is 2.03 bits per heavy atom. The van der Waals surface area contributed by atoms with E-state index >= 15 is 0 Å². The Kier molecular flexibility index (Phi) is 20.4. The number of rotatable bonds is 23. The van der Waals surface area contributed by atoms with Gasteiger partial charge in [-0.05, 0) is 157 Å². The second-order valence-electron chi connectivity index (χ2n) is 20.3. The number of halogens is 4. The fourth-order valence-electron chi connectivity index (χ4n) is 8.51. The molecule has 0 bridgehead atoms. The van der Waals surface area contributed by atoms with E-state index in [0.29, 0.717) is 50.1 Å². The van der Waals surface area contributed by atoms with E-state index in [-0.39, 0.29) is 36.8 Å². The van der Waals surface area contributed by atoms with Crippen molar-refractivity contribution in [1.82, 2.24) is 9.62 Å². The lowest BCUT2D eigenvalue weighted by atomic mass is 9.84. The summed E-state index contributed by atoms with van der Waals surface area (Å²) in [7, 11) is -15.1. The molecule has 1 unspecified atom stereocenters. The van der Waals surface area contributed by atoms with Crippen LogP contribution in [0.15, 0.2) is 136 Å². The highest BCUT2D eigenvalue weighted by molar-refractivity contribution is 7.99. The minimum atomic E-state index is -6.17. The molecule has 0 saturated carbocycles. The molecule has 0 radical (unpaired) electrons. The van der Waals surface area contributed by atoms with E-state index in [4.69, 9.17) is 25.2 Å². The normalized spacial score (nSPS) is 15.1. The molecule has 2 atom stereocenters. The first kappa shape index (κ1) is 60.8. The van der Waals surface area contributed by atoms with Crippen molar-refractivity contribution in [3.05, 3.63) is 137 Å². The van der Waals surface area contributed by atoms with Crippen LogP contribution in [0.1, 0.15) is 89.8 Å². The van der Waals surface area contributed by atoms with Gasteiger partial charge in [0, 0.05) is 59.1 Å². The third-order valence-corrected chi connectivity index (χ3v) is 18.5. The largest absolute Gasteiger partial charge is 0.501 e. The number of nitrogens with one attached hydrogen (secondary N) is 2. The van der Waals surface area contributed by atoms with Gasteiger partial charge in [-0.25, -0.2) is 26.1 Å². The number of benzene rings is 5. The smallest absolute Gasteiger partial charge is 0.388 e. The number of piperidine rings is 1. The van der Waals surface area contributed by atoms with Crippen LogP contribution >= 0.6 is 31.2 Å². The summed E-state index contributed by atoms with van der Waals surface area (Å²) < 4.78 is 130. The number of carbonyl (C=O) groups excluding carboxylic acids is 1. The predicted molar refractivity (Wildman–Crippen MR) is 294 cm³/mol. The van der Waals surface area contributed by atoms with Gasteiger partial charge in [0.15, 0.2) is 0 Å². The molecule has 1 saturated heterocycles. The number of hydrogen-bond acceptors (Lipinski definition) is 14. The van der Waals surface area contributed by atoms with E-state index in [2.05, 4.69) is 10.2 Å². The zero-order valence-corrected chi connectivity index (χ0v) is 47.6. The number of thioether (sulfide) groups is 1. The molecule has 0 aliphatic carbocycles. The van der Waals surface area contributed by atoms with E-state index in [1.807, 2.05) is 83.3 Å². The molecule has 5 aromatic rings. The van der Waals surface area contributed by atoms with E-state index < -0.39 is 77.9 Å². The molecule has 1 aliphatic rings. The molecule has 0 spiro atoms. The number of sulfone groups is 1. The third-order valence-electron chi connectivity index (χ3n) is 12.2. The molecule has 1 heterocycles. The molecule has 6 rings (SSSR count). The van der Waals surface area contributed by atoms with Crippen molar-refractivity contribution in [3.63, 3.8) is 0 Å². The average Bonchev–Trinajstić information content (AvgIpc) is 3.36. The molecule has 1 amide bonds. The molecule has 0 aromatic heterocycles. The van der Waals surface area contributed by atoms with Crippen LogP contribution in [0.5, 0.6) is 0 Å². The zero-order valence-electron chi connectivity index (χ0n) is 43.5. The number of aliphatic hydroxyl groups excluding tert-OH is 1. The fourth-order valence-corrected chi connectivity index (χ4v) is 13.5. The van der Waals surface area contributed by atoms with Crippen LogP contribution in [-0.4, -0.2) is 101 Å². The van der Waals surface area contributed by atoms with Crippen molar-refractivity contribution in [2.45, 2.75) is 111 Å². The van der Waals surface area contributed by atoms with Crippen molar-refractivity contribution in [3.8, 4) is 11.1 Å². The van der Waals surface area contributed by atoms with Gasteiger partial charge in [-0.1, -0.05) is 73.1 Å². The standard InChI is InChI=1S/C54H67ClF3N4O10PS3/c1-8-61(33-34-70-73(65,71-52(2,3)4)72-53(5,6)7)30-29-42(37-74-44-17-13-10-14-18-44)59-48-26-24-45(36-49(48)75(66,67)54(56,57)58)76(68,69)60-51(64)40-19-22-43(23-20-40)62-31-27-39(28-32-62)50(63)47-35-41(55)21-25-46(47)38-15-11-9-12-16-38/h9-26,35-36,39,42,50,59,63H,8,27-34,37H2,1-7H3,(H,60,64)/t42-,50?/m1/s1. The molecule has 22 heteroatoms. The maximum absolute atomic E-state index is 14.4. The Bertz CT molecular complexity index is 2990. The van der Waals surface area contributed by atoms with Gasteiger partial charge in [-0.3, -0.25) is 18.4 Å². The quantitative estimate of drug-likeness (QED) is 0.0415. The highest BCUT2D eigenvalue weighted by Crippen LogP contribution is 2.55. The van der Waals surface area contributed by atoms with E-state index in [9.17, 15) is 44.5 Å². The minimum Gasteiger partial charge on any atom is -0.388 e. The Labute approximate surface area is 454 Å². The highest BCUT2D eigenvalue weighted by atomic mass is 35.5. The summed E-state index contributed by atoms with van der Waals surface area (Å²) in [5.41, 5.74) is -4.78. The van der Waals surface area contributed by atoms with E-state index in [1.165, 1.54) is 23.9 Å². The number of amides is 1. The van der Waals surface area contributed by atoms with Crippen LogP contribution in [0.2, 0.25) is 5.02 Å². The minimum absolute atomic E-state index is 0.0604. The SMILES string of the molecule is CCN(CCOP(=O)(OC(C)(C)C)OC(C)(C)C)CC[C@H](CSc1ccccc1)Nc1ccc(S(=O)(=O)NC(=O)c2ccc(N3CCC(C(O)c4cc(Cl)ccc4-c4ccccc4)CC3)cc2)cc1S(=O)(=O)C(F)(F)F. The van der Waals surface area contributed by atoms with Gasteiger partial charge in [-0.15, -0.1) is 11.8 Å². The summed E-state index contributed by atoms with van der Waals surface area (Å²) >= 11 is 7.75. The van der Waals surface area contributed by atoms with Gasteiger partial charge in [0.25, 0.3) is 25.8 Å². The number of sulfonamides is 1. The van der Waals surface area contributed by atoms with E-state index in [0.717, 1.165) is 39.4 Å². The zero-order chi connectivity index (χ0) is 55.7. The first-order valence-electron chi connectivity index (χ1n) is 24.8. The summed E-state index contributed by atoms with van der Waals surface area (Å²) in [6.45, 7) is 14.3. The monoisotopic (exact) mass is 1150 g/mol. The number of hydrogen-bond donors (Lipinski definition) is 3. The van der Waals surface area contributed by atoms with Crippen molar-refractivity contribution in [1.29, 1.82) is 0 Å². The number of carbonyl (C=O) groups is 1. The van der Waals surface area contributed by atoms with Crippen molar-refractivity contribution < 1.29 is 58.0 Å². The summed E-state index contributed by atoms with van der Waals surface area (Å²) in [6.07, 6.45) is 0.752. The van der Waals surface area contributed by atoms with Crippen LogP contribution in [0, 0.1) is 5.92 Å². The summed E-state index contributed by atoms with van der Waals surface area (Å²) in [5.74, 6) is -0.925. The number of alkyl halides is 3. The third kappa shape index (κ3) is 17.0. The topological polar surface area (TPSA) is 181 Å². The maximum Gasteiger partial charge on any atom is 0.501 e. The van der Waals surface area contributed by atoms with Gasteiger partial charge < -0.3 is 20.2 Å². The molecule has 1 fully saturated rings. The van der Waals surface area contributed by atoms with Gasteiger partial charge in [0.2, 0.25) is 0 Å². The van der Waals surface area contributed by atoms with Crippen molar-refractivity contribution >= 4 is 68.3 Å². The number of phosphoric ester groups is 1. The van der Waals surface area contributed by atoms with Gasteiger partial charge in [-0.2, -0.15) is 13.2 Å². The molecule has 3 N–H and O–H groups in total. The summed E-state index contributed by atoms with van der Waals surface area (Å²) in [5, 5.41) is 15.1. The van der Waals surface area contributed by atoms with Crippen LogP contribution < -0.4 is 14.9 Å². The first-order chi connectivity index (χ1) is 35.6. The number of aliphatic hydroxyl groups is 1. The Hall–Kier alpha value is -4.47. The van der Waals surface area contributed by atoms with Crippen LogP contribution in [0.4, 0.5) is 24.5 Å². The van der Waals surface area contributed by atoms with E-state index in [1.54, 1.807) is 65.8 Å². The molecular formula is C54H67ClF3N4O10PS3. The molecule has 5 aromatic carbocycles. The summed E-state index contributed by atoms with van der Waals surface area (Å²) in [6, 6.07) is 32.1. The number of likely N-dealkylation sites (N-methyl/N-ethyl adjacent to an activating group) is 1. The highest BCUT2D eigenvalue weighted by Gasteiger charge is 2.48. The van der Waals surface area contributed by atoms with Crippen molar-refractivity contribution in [2.24, 2.45) is 5.92 Å². The summed E-state index contributed by atoms with van der Waals surface area (Å²) in [4.78, 5) is 16.1. The number of phosphoric acid groups is 1. The van der Waals surface area contributed by atoms with Gasteiger partial charge >= 0.3 is 13.3 Å². The Morgan fingerprint density at radius 2 is 1.45 bits per heavy atom. The Balaban J connectivity index is 1.15. The maximum atomic E-state index is 14.4. The second kappa shape index (κ2) is 25.5. The number of nitrogens with zero attached hydrogens (tertiary/aromatic N) is 2.